The summed E-state index contributed by atoms with van der Waals surface area (Å²) < 4.78 is 43.9. The second-order valence-corrected chi connectivity index (χ2v) is 8.51. The van der Waals surface area contributed by atoms with Gasteiger partial charge in [-0.25, -0.2) is 4.79 Å². The van der Waals surface area contributed by atoms with Crippen molar-refractivity contribution in [3.63, 3.8) is 0 Å². The van der Waals surface area contributed by atoms with Gasteiger partial charge in [-0.05, 0) is 35.9 Å². The third-order valence-corrected chi connectivity index (χ3v) is 6.18. The smallest absolute Gasteiger partial charge is 0.475 e. The lowest BCUT2D eigenvalue weighted by atomic mass is 9.88. The summed E-state index contributed by atoms with van der Waals surface area (Å²) in [4.78, 5) is 28.2. The number of piperidine rings is 1. The molecule has 2 saturated heterocycles. The zero-order valence-electron chi connectivity index (χ0n) is 17.1. The molecule has 2 aromatic heterocycles. The van der Waals surface area contributed by atoms with Gasteiger partial charge in [0.2, 0.25) is 0 Å². The van der Waals surface area contributed by atoms with Gasteiger partial charge in [0.1, 0.15) is 0 Å². The number of ether oxygens (including phenoxy) is 2. The first-order valence-electron chi connectivity index (χ1n) is 9.96. The Labute approximate surface area is 186 Å². The molecule has 32 heavy (non-hydrogen) atoms. The van der Waals surface area contributed by atoms with Crippen LogP contribution in [-0.4, -0.2) is 64.4 Å². The number of hydrogen-bond acceptors (Lipinski definition) is 6. The number of alkyl halides is 3. The van der Waals surface area contributed by atoms with Crippen molar-refractivity contribution in [2.24, 2.45) is 0 Å². The number of likely N-dealkylation sites (tertiary alicyclic amines) is 1. The van der Waals surface area contributed by atoms with E-state index in [4.69, 9.17) is 19.4 Å². The predicted octanol–water partition coefficient (Wildman–Crippen LogP) is 3.76. The van der Waals surface area contributed by atoms with Gasteiger partial charge >= 0.3 is 12.1 Å². The van der Waals surface area contributed by atoms with E-state index in [9.17, 15) is 18.0 Å². The monoisotopic (exact) mass is 472 g/mol. The number of carbonyl (C=O) groups excluding carboxylic acids is 1. The Bertz CT molecular complexity index is 885. The van der Waals surface area contributed by atoms with Gasteiger partial charge in [-0.1, -0.05) is 12.1 Å². The normalized spacial score (nSPS) is 20.0. The van der Waals surface area contributed by atoms with E-state index in [-0.39, 0.29) is 17.6 Å². The molecule has 0 saturated carbocycles. The van der Waals surface area contributed by atoms with Crippen molar-refractivity contribution in [1.29, 1.82) is 0 Å². The fourth-order valence-corrected chi connectivity index (χ4v) is 4.32. The second kappa shape index (κ2) is 10.4. The van der Waals surface area contributed by atoms with Gasteiger partial charge in [0.05, 0.1) is 29.8 Å². The highest BCUT2D eigenvalue weighted by atomic mass is 32.1. The molecule has 2 aromatic rings. The number of amides is 1. The Hall–Kier alpha value is -2.50. The van der Waals surface area contributed by atoms with E-state index in [0.717, 1.165) is 42.8 Å². The Morgan fingerprint density at radius 2 is 2.00 bits per heavy atom. The number of carboxylic acids is 1. The van der Waals surface area contributed by atoms with Crippen molar-refractivity contribution < 1.29 is 37.3 Å². The number of hydrogen-bond donors (Lipinski definition) is 1. The van der Waals surface area contributed by atoms with Crippen molar-refractivity contribution in [1.82, 2.24) is 9.88 Å². The van der Waals surface area contributed by atoms with Crippen molar-refractivity contribution in [3.05, 3.63) is 52.5 Å². The summed E-state index contributed by atoms with van der Waals surface area (Å²) in [7, 11) is 0. The van der Waals surface area contributed by atoms with Crippen molar-refractivity contribution in [3.8, 4) is 0 Å². The molecule has 1 N–H and O–H groups in total. The summed E-state index contributed by atoms with van der Waals surface area (Å²) >= 11 is 1.51. The van der Waals surface area contributed by atoms with E-state index in [1.807, 2.05) is 40.7 Å². The average molecular weight is 472 g/mol. The lowest BCUT2D eigenvalue weighted by Crippen LogP contribution is -2.46. The molecule has 2 fully saturated rings. The van der Waals surface area contributed by atoms with Gasteiger partial charge in [0.25, 0.3) is 5.91 Å². The van der Waals surface area contributed by atoms with Crippen LogP contribution in [0, 0.1) is 0 Å². The van der Waals surface area contributed by atoms with Gasteiger partial charge in [0, 0.05) is 31.9 Å². The van der Waals surface area contributed by atoms with E-state index in [1.165, 1.54) is 11.3 Å². The van der Waals surface area contributed by atoms with Crippen LogP contribution in [0.5, 0.6) is 0 Å². The zero-order chi connectivity index (χ0) is 23.2. The van der Waals surface area contributed by atoms with Crippen LogP contribution in [0.3, 0.4) is 0 Å². The number of carboxylic acid groups (broad SMARTS) is 1. The van der Waals surface area contributed by atoms with E-state index in [2.05, 4.69) is 4.98 Å². The molecule has 2 aliphatic rings. The first-order chi connectivity index (χ1) is 15.2. The van der Waals surface area contributed by atoms with E-state index < -0.39 is 12.1 Å². The summed E-state index contributed by atoms with van der Waals surface area (Å²) in [6, 6.07) is 7.76. The Balaban J connectivity index is 0.000000360. The van der Waals surface area contributed by atoms with Crippen molar-refractivity contribution >= 4 is 23.2 Å². The van der Waals surface area contributed by atoms with Gasteiger partial charge in [-0.3, -0.25) is 9.78 Å². The van der Waals surface area contributed by atoms with Crippen LogP contribution < -0.4 is 0 Å². The minimum absolute atomic E-state index is 0.119. The largest absolute Gasteiger partial charge is 0.490 e. The molecule has 2 aliphatic heterocycles. The zero-order valence-corrected chi connectivity index (χ0v) is 17.9. The van der Waals surface area contributed by atoms with Crippen LogP contribution in [0.2, 0.25) is 0 Å². The van der Waals surface area contributed by atoms with Gasteiger partial charge in [-0.2, -0.15) is 13.2 Å². The van der Waals surface area contributed by atoms with E-state index in [0.29, 0.717) is 13.2 Å². The fourth-order valence-electron chi connectivity index (χ4n) is 3.63. The second-order valence-electron chi connectivity index (χ2n) is 7.56. The molecule has 0 aromatic carbocycles. The number of thiophene rings is 1. The van der Waals surface area contributed by atoms with Gasteiger partial charge in [-0.15, -0.1) is 11.3 Å². The van der Waals surface area contributed by atoms with Crippen LogP contribution in [0.1, 0.15) is 34.5 Å². The van der Waals surface area contributed by atoms with Crippen LogP contribution in [0.25, 0.3) is 0 Å². The summed E-state index contributed by atoms with van der Waals surface area (Å²) in [6.45, 7) is 2.72. The number of nitrogens with zero attached hydrogens (tertiary/aromatic N) is 2. The van der Waals surface area contributed by atoms with Crippen LogP contribution in [-0.2, 0) is 20.9 Å². The molecular weight excluding hydrogens is 449 g/mol. The molecular formula is C21H23F3N2O5S. The number of halogens is 3. The van der Waals surface area contributed by atoms with E-state index >= 15 is 0 Å². The highest BCUT2D eigenvalue weighted by Gasteiger charge is 2.44. The van der Waals surface area contributed by atoms with Crippen molar-refractivity contribution in [2.45, 2.75) is 43.8 Å². The number of aromatic nitrogens is 1. The minimum Gasteiger partial charge on any atom is -0.475 e. The summed E-state index contributed by atoms with van der Waals surface area (Å²) in [5.74, 6) is -2.61. The molecule has 4 heterocycles. The summed E-state index contributed by atoms with van der Waals surface area (Å²) in [5.41, 5.74) is 0.964. The standard InChI is InChI=1S/C19H22N2O3S.C2HF3O2/c22-18(17-4-2-10-25-17)21-8-5-19(6-9-21)11-16(14-24-19)23-13-15-3-1-7-20-12-15;3-2(4,5)1(6)7/h1-4,7,10,12,16H,5-6,8-9,11,13-14H2;(H,6,7). The molecule has 7 nitrogen and oxygen atoms in total. The first kappa shape index (κ1) is 24.1. The molecule has 4 rings (SSSR count). The summed E-state index contributed by atoms with van der Waals surface area (Å²) in [6.07, 6.45) is 1.32. The van der Waals surface area contributed by atoms with Gasteiger partial charge < -0.3 is 19.5 Å². The molecule has 1 spiro atoms. The average Bonchev–Trinajstić information content (AvgIpc) is 3.44. The molecule has 0 bridgehead atoms. The predicted molar refractivity (Wildman–Crippen MR) is 109 cm³/mol. The molecule has 0 aliphatic carbocycles. The maximum Gasteiger partial charge on any atom is 0.490 e. The Morgan fingerprint density at radius 3 is 2.56 bits per heavy atom. The van der Waals surface area contributed by atoms with Crippen LogP contribution in [0.15, 0.2) is 42.0 Å². The minimum atomic E-state index is -5.08. The topological polar surface area (TPSA) is 89.0 Å². The Morgan fingerprint density at radius 1 is 1.28 bits per heavy atom. The van der Waals surface area contributed by atoms with E-state index in [1.54, 1.807) is 6.20 Å². The maximum absolute atomic E-state index is 12.5. The third-order valence-electron chi connectivity index (χ3n) is 5.32. The molecule has 1 amide bonds. The highest BCUT2D eigenvalue weighted by molar-refractivity contribution is 7.12. The van der Waals surface area contributed by atoms with Crippen molar-refractivity contribution in [2.75, 3.05) is 19.7 Å². The Kier molecular flexibility index (Phi) is 7.86. The number of rotatable bonds is 4. The third kappa shape index (κ3) is 6.50. The molecule has 0 radical (unpaired) electrons. The van der Waals surface area contributed by atoms with Crippen LogP contribution in [0.4, 0.5) is 13.2 Å². The van der Waals surface area contributed by atoms with Crippen LogP contribution >= 0.6 is 11.3 Å². The maximum atomic E-state index is 12.5. The molecule has 174 valence electrons. The molecule has 1 unspecified atom stereocenters. The van der Waals surface area contributed by atoms with Gasteiger partial charge in [0.15, 0.2) is 0 Å². The lowest BCUT2D eigenvalue weighted by Gasteiger charge is -2.38. The number of aliphatic carboxylic acids is 1. The highest BCUT2D eigenvalue weighted by Crippen LogP contribution is 2.37. The number of carbonyl (C=O) groups is 2. The first-order valence-corrected chi connectivity index (χ1v) is 10.8. The fraction of sp³-hybridized carbons (Fsp3) is 0.476. The molecule has 11 heteroatoms. The number of pyridine rings is 1. The lowest BCUT2D eigenvalue weighted by molar-refractivity contribution is -0.192. The quantitative estimate of drug-likeness (QED) is 0.729. The molecule has 1 atom stereocenters. The summed E-state index contributed by atoms with van der Waals surface area (Å²) in [5, 5.41) is 9.07. The SMILES string of the molecule is O=C(O)C(F)(F)F.O=C(c1cccs1)N1CCC2(CC1)CC(OCc1cccnc1)CO2.